The standard InChI is InChI=1S/C22H12F6N2O4/c23-21(24,25)14-4-11(5-15(7-14)22(26,27)28)9-30-10-13(6-12(8-29)19(31)32)18-16(20(33)34)2-1-3-17(18)30/h1-7,10H,9H2,(H,31,32)(H,33,34). The normalized spacial score (nSPS) is 12.6. The molecule has 34 heavy (non-hydrogen) atoms. The van der Waals surface area contributed by atoms with Gasteiger partial charge in [0.15, 0.2) is 0 Å². The van der Waals surface area contributed by atoms with Crippen LogP contribution in [-0.2, 0) is 23.7 Å². The fraction of sp³-hybridized carbons (Fsp3) is 0.136. The zero-order valence-electron chi connectivity index (χ0n) is 16.7. The van der Waals surface area contributed by atoms with Crippen LogP contribution in [-0.4, -0.2) is 26.7 Å². The molecule has 2 N–H and O–H groups in total. The van der Waals surface area contributed by atoms with E-state index in [2.05, 4.69) is 0 Å². The summed E-state index contributed by atoms with van der Waals surface area (Å²) < 4.78 is 80.4. The van der Waals surface area contributed by atoms with Crippen molar-refractivity contribution in [2.45, 2.75) is 18.9 Å². The molecule has 0 fully saturated rings. The number of aliphatic carboxylic acids is 1. The van der Waals surface area contributed by atoms with Crippen molar-refractivity contribution in [3.8, 4) is 6.07 Å². The van der Waals surface area contributed by atoms with E-state index >= 15 is 0 Å². The summed E-state index contributed by atoms with van der Waals surface area (Å²) in [5, 5.41) is 27.6. The fourth-order valence-corrected chi connectivity index (χ4v) is 3.41. The first-order chi connectivity index (χ1) is 15.7. The molecule has 176 valence electrons. The second-order valence-electron chi connectivity index (χ2n) is 7.11. The van der Waals surface area contributed by atoms with Crippen LogP contribution in [0.25, 0.3) is 17.0 Å². The van der Waals surface area contributed by atoms with E-state index in [1.807, 2.05) is 0 Å². The molecule has 3 aromatic rings. The van der Waals surface area contributed by atoms with E-state index in [0.29, 0.717) is 12.1 Å². The van der Waals surface area contributed by atoms with E-state index in [9.17, 15) is 41.0 Å². The van der Waals surface area contributed by atoms with E-state index in [-0.39, 0.29) is 33.7 Å². The van der Waals surface area contributed by atoms with Crippen molar-refractivity contribution < 1.29 is 46.1 Å². The quantitative estimate of drug-likeness (QED) is 0.287. The van der Waals surface area contributed by atoms with E-state index in [4.69, 9.17) is 10.4 Å². The predicted octanol–water partition coefficient (Wildman–Crippen LogP) is 5.42. The van der Waals surface area contributed by atoms with Gasteiger partial charge in [0.2, 0.25) is 0 Å². The molecular formula is C22H12F6N2O4. The summed E-state index contributed by atoms with van der Waals surface area (Å²) in [6.45, 7) is -0.532. The van der Waals surface area contributed by atoms with Crippen molar-refractivity contribution in [3.63, 3.8) is 0 Å². The predicted molar refractivity (Wildman–Crippen MR) is 106 cm³/mol. The average molecular weight is 482 g/mol. The summed E-state index contributed by atoms with van der Waals surface area (Å²) in [6.07, 6.45) is -8.07. The highest BCUT2D eigenvalue weighted by Crippen LogP contribution is 2.37. The molecule has 2 aromatic carbocycles. The molecule has 0 saturated heterocycles. The Hall–Kier alpha value is -4.27. The minimum Gasteiger partial charge on any atom is -0.478 e. The highest BCUT2D eigenvalue weighted by Gasteiger charge is 2.37. The Bertz CT molecular complexity index is 1340. The van der Waals surface area contributed by atoms with Crippen LogP contribution >= 0.6 is 0 Å². The minimum absolute atomic E-state index is 0.0139. The van der Waals surface area contributed by atoms with Crippen molar-refractivity contribution in [2.24, 2.45) is 0 Å². The number of carboxylic acid groups (broad SMARTS) is 2. The SMILES string of the molecule is N#CC(=Cc1cn(Cc2cc(C(F)(F)F)cc(C(F)(F)F)c2)c2cccc(C(=O)O)c12)C(=O)O. The lowest BCUT2D eigenvalue weighted by atomic mass is 10.0. The van der Waals surface area contributed by atoms with Crippen LogP contribution in [0.1, 0.15) is 32.6 Å². The lowest BCUT2D eigenvalue weighted by Gasteiger charge is -2.15. The zero-order chi connectivity index (χ0) is 25.4. The minimum atomic E-state index is -5.05. The number of nitrogens with zero attached hydrogens (tertiary/aromatic N) is 2. The van der Waals surface area contributed by atoms with Crippen LogP contribution in [0.4, 0.5) is 26.3 Å². The van der Waals surface area contributed by atoms with Crippen LogP contribution < -0.4 is 0 Å². The summed E-state index contributed by atoms with van der Waals surface area (Å²) in [6, 6.07) is 6.35. The Morgan fingerprint density at radius 1 is 1.00 bits per heavy atom. The first kappa shape index (κ1) is 24.4. The monoisotopic (exact) mass is 482 g/mol. The summed E-state index contributed by atoms with van der Waals surface area (Å²) >= 11 is 0. The largest absolute Gasteiger partial charge is 0.478 e. The molecule has 0 amide bonds. The van der Waals surface area contributed by atoms with Crippen LogP contribution in [0.5, 0.6) is 0 Å². The summed E-state index contributed by atoms with van der Waals surface area (Å²) in [5.41, 5.74) is -4.43. The van der Waals surface area contributed by atoms with Crippen molar-refractivity contribution in [3.05, 3.63) is 76.0 Å². The first-order valence-corrected chi connectivity index (χ1v) is 9.21. The van der Waals surface area contributed by atoms with Gasteiger partial charge in [-0.1, -0.05) is 6.07 Å². The molecule has 3 rings (SSSR count). The van der Waals surface area contributed by atoms with Crippen LogP contribution in [0.3, 0.4) is 0 Å². The number of carbonyl (C=O) groups is 2. The molecular weight excluding hydrogens is 470 g/mol. The van der Waals surface area contributed by atoms with Gasteiger partial charge in [-0.05, 0) is 42.0 Å². The molecule has 12 heteroatoms. The molecule has 0 aliphatic rings. The van der Waals surface area contributed by atoms with Gasteiger partial charge in [0.25, 0.3) is 0 Å². The van der Waals surface area contributed by atoms with Crippen LogP contribution in [0.2, 0.25) is 0 Å². The molecule has 0 radical (unpaired) electrons. The molecule has 1 aromatic heterocycles. The van der Waals surface area contributed by atoms with E-state index < -0.39 is 47.5 Å². The number of hydrogen-bond donors (Lipinski definition) is 2. The average Bonchev–Trinajstić information content (AvgIpc) is 3.07. The van der Waals surface area contributed by atoms with Gasteiger partial charge in [-0.25, -0.2) is 9.59 Å². The highest BCUT2D eigenvalue weighted by atomic mass is 19.4. The lowest BCUT2D eigenvalue weighted by Crippen LogP contribution is -2.12. The highest BCUT2D eigenvalue weighted by molar-refractivity contribution is 6.08. The Balaban J connectivity index is 2.26. The number of alkyl halides is 6. The van der Waals surface area contributed by atoms with Crippen LogP contribution in [0, 0.1) is 11.3 Å². The third-order valence-electron chi connectivity index (χ3n) is 4.82. The van der Waals surface area contributed by atoms with Gasteiger partial charge in [-0.15, -0.1) is 0 Å². The number of carboxylic acids is 2. The fourth-order valence-electron chi connectivity index (χ4n) is 3.41. The number of nitriles is 1. The van der Waals surface area contributed by atoms with Gasteiger partial charge in [0, 0.05) is 29.2 Å². The topological polar surface area (TPSA) is 103 Å². The number of benzene rings is 2. The van der Waals surface area contributed by atoms with Gasteiger partial charge in [-0.3, -0.25) is 0 Å². The van der Waals surface area contributed by atoms with Crippen molar-refractivity contribution in [1.29, 1.82) is 5.26 Å². The molecule has 0 aliphatic carbocycles. The lowest BCUT2D eigenvalue weighted by molar-refractivity contribution is -0.143. The van der Waals surface area contributed by atoms with Gasteiger partial charge in [0.05, 0.1) is 16.7 Å². The maximum absolute atomic E-state index is 13.2. The molecule has 6 nitrogen and oxygen atoms in total. The molecule has 0 bridgehead atoms. The van der Waals surface area contributed by atoms with E-state index in [1.165, 1.54) is 28.8 Å². The van der Waals surface area contributed by atoms with Crippen molar-refractivity contribution in [1.82, 2.24) is 4.57 Å². The van der Waals surface area contributed by atoms with E-state index in [1.54, 1.807) is 0 Å². The Labute approximate surface area is 186 Å². The Morgan fingerprint density at radius 3 is 2.06 bits per heavy atom. The molecule has 1 heterocycles. The number of aromatic nitrogens is 1. The van der Waals surface area contributed by atoms with Gasteiger partial charge in [-0.2, -0.15) is 31.6 Å². The number of fused-ring (bicyclic) bond motifs is 1. The Morgan fingerprint density at radius 2 is 1.59 bits per heavy atom. The van der Waals surface area contributed by atoms with Crippen molar-refractivity contribution >= 4 is 28.9 Å². The molecule has 0 atom stereocenters. The smallest absolute Gasteiger partial charge is 0.416 e. The number of rotatable bonds is 5. The Kier molecular flexibility index (Phi) is 6.15. The maximum Gasteiger partial charge on any atom is 0.416 e. The van der Waals surface area contributed by atoms with Crippen molar-refractivity contribution in [2.75, 3.05) is 0 Å². The number of aromatic carboxylic acids is 1. The summed E-state index contributed by atoms with van der Waals surface area (Å²) in [7, 11) is 0. The van der Waals surface area contributed by atoms with Crippen LogP contribution in [0.15, 0.2) is 48.2 Å². The third-order valence-corrected chi connectivity index (χ3v) is 4.82. The van der Waals surface area contributed by atoms with E-state index in [0.717, 1.165) is 12.3 Å². The zero-order valence-corrected chi connectivity index (χ0v) is 16.7. The molecule has 0 saturated carbocycles. The van der Waals surface area contributed by atoms with Gasteiger partial charge < -0.3 is 14.8 Å². The summed E-state index contributed by atoms with van der Waals surface area (Å²) in [4.78, 5) is 22.9. The second kappa shape index (κ2) is 8.58. The third kappa shape index (κ3) is 4.88. The molecule has 0 spiro atoms. The maximum atomic E-state index is 13.2. The molecule has 0 aliphatic heterocycles. The summed E-state index contributed by atoms with van der Waals surface area (Å²) in [5.74, 6) is -3.02. The second-order valence-corrected chi connectivity index (χ2v) is 7.11. The molecule has 0 unspecified atom stereocenters. The number of halogens is 6. The first-order valence-electron chi connectivity index (χ1n) is 9.21. The van der Waals surface area contributed by atoms with Gasteiger partial charge >= 0.3 is 24.3 Å². The van der Waals surface area contributed by atoms with Gasteiger partial charge in [0.1, 0.15) is 11.6 Å². The number of hydrogen-bond acceptors (Lipinski definition) is 3.